The normalized spacial score (nSPS) is 16.3. The lowest BCUT2D eigenvalue weighted by atomic mass is 9.97. The zero-order valence-corrected chi connectivity index (χ0v) is 14.7. The van der Waals surface area contributed by atoms with E-state index in [2.05, 4.69) is 5.10 Å². The number of hydrazone groups is 1. The van der Waals surface area contributed by atoms with Crippen molar-refractivity contribution in [2.24, 2.45) is 5.10 Å². The number of aromatic hydroxyl groups is 1. The summed E-state index contributed by atoms with van der Waals surface area (Å²) in [5.74, 6) is 0.713. The van der Waals surface area contributed by atoms with Gasteiger partial charge < -0.3 is 14.3 Å². The Bertz CT molecular complexity index is 995. The van der Waals surface area contributed by atoms with Gasteiger partial charge in [-0.15, -0.1) is 0 Å². The molecule has 0 spiro atoms. The highest BCUT2D eigenvalue weighted by atomic mass is 16.5. The first-order chi connectivity index (χ1) is 13.2. The highest BCUT2D eigenvalue weighted by Crippen LogP contribution is 2.36. The number of carbonyl (C=O) groups is 1. The van der Waals surface area contributed by atoms with Crippen molar-refractivity contribution >= 4 is 11.6 Å². The number of benzene rings is 2. The van der Waals surface area contributed by atoms with Crippen LogP contribution in [0.25, 0.3) is 0 Å². The summed E-state index contributed by atoms with van der Waals surface area (Å²) in [6.07, 6.45) is 1.93. The van der Waals surface area contributed by atoms with E-state index in [1.165, 1.54) is 11.3 Å². The van der Waals surface area contributed by atoms with Crippen LogP contribution in [0.3, 0.4) is 0 Å². The number of rotatable bonds is 4. The minimum atomic E-state index is -0.335. The summed E-state index contributed by atoms with van der Waals surface area (Å²) in [5.41, 5.74) is 2.14. The fourth-order valence-electron chi connectivity index (χ4n) is 3.20. The van der Waals surface area contributed by atoms with Gasteiger partial charge in [0.05, 0.1) is 25.1 Å². The van der Waals surface area contributed by atoms with Crippen molar-refractivity contribution in [1.29, 1.82) is 0 Å². The molecule has 2 heterocycles. The van der Waals surface area contributed by atoms with Gasteiger partial charge in [-0.1, -0.05) is 24.3 Å². The van der Waals surface area contributed by atoms with Crippen molar-refractivity contribution in [3.05, 3.63) is 83.8 Å². The molecular formula is C21H18N2O4. The van der Waals surface area contributed by atoms with E-state index < -0.39 is 0 Å². The third kappa shape index (κ3) is 3.17. The molecule has 0 saturated heterocycles. The molecule has 1 aromatic heterocycles. The second kappa shape index (κ2) is 6.99. The van der Waals surface area contributed by atoms with Crippen molar-refractivity contribution in [2.45, 2.75) is 12.5 Å². The third-order valence-electron chi connectivity index (χ3n) is 4.54. The number of carbonyl (C=O) groups excluding carboxylic acids is 1. The van der Waals surface area contributed by atoms with Gasteiger partial charge in [0, 0.05) is 12.0 Å². The largest absolute Gasteiger partial charge is 0.507 e. The summed E-state index contributed by atoms with van der Waals surface area (Å²) in [6.45, 7) is 0. The maximum atomic E-state index is 12.9. The lowest BCUT2D eigenvalue weighted by Gasteiger charge is -2.21. The predicted octanol–water partition coefficient (Wildman–Crippen LogP) is 3.99. The Morgan fingerprint density at radius 1 is 1.19 bits per heavy atom. The molecular weight excluding hydrogens is 344 g/mol. The molecule has 3 aromatic rings. The number of methoxy groups -OCH3 is 1. The van der Waals surface area contributed by atoms with Crippen molar-refractivity contribution in [1.82, 2.24) is 5.01 Å². The lowest BCUT2D eigenvalue weighted by Crippen LogP contribution is -2.26. The van der Waals surface area contributed by atoms with Crippen LogP contribution in [-0.4, -0.2) is 28.8 Å². The molecule has 0 saturated carbocycles. The number of ether oxygens (including phenoxy) is 1. The fraction of sp³-hybridized carbons (Fsp3) is 0.143. The first-order valence-corrected chi connectivity index (χ1v) is 8.54. The van der Waals surface area contributed by atoms with Crippen LogP contribution in [0, 0.1) is 0 Å². The molecule has 0 bridgehead atoms. The molecule has 6 nitrogen and oxygen atoms in total. The van der Waals surface area contributed by atoms with Crippen LogP contribution in [0.15, 0.2) is 76.4 Å². The van der Waals surface area contributed by atoms with E-state index in [0.717, 1.165) is 5.56 Å². The molecule has 1 amide bonds. The van der Waals surface area contributed by atoms with Crippen LogP contribution in [0.4, 0.5) is 0 Å². The van der Waals surface area contributed by atoms with Crippen LogP contribution < -0.4 is 4.74 Å². The van der Waals surface area contributed by atoms with Crippen LogP contribution >= 0.6 is 0 Å². The average molecular weight is 362 g/mol. The van der Waals surface area contributed by atoms with E-state index in [0.29, 0.717) is 23.4 Å². The minimum Gasteiger partial charge on any atom is -0.507 e. The molecule has 0 unspecified atom stereocenters. The molecule has 0 aliphatic carbocycles. The first-order valence-electron chi connectivity index (χ1n) is 8.54. The predicted molar refractivity (Wildman–Crippen MR) is 99.9 cm³/mol. The molecule has 1 aliphatic heterocycles. The Morgan fingerprint density at radius 2 is 2.04 bits per heavy atom. The molecule has 2 aromatic carbocycles. The Balaban J connectivity index is 1.75. The van der Waals surface area contributed by atoms with Gasteiger partial charge in [-0.3, -0.25) is 4.79 Å². The first kappa shape index (κ1) is 16.9. The van der Waals surface area contributed by atoms with Gasteiger partial charge in [0.25, 0.3) is 0 Å². The minimum absolute atomic E-state index is 0.132. The van der Waals surface area contributed by atoms with Gasteiger partial charge in [0.2, 0.25) is 0 Å². The van der Waals surface area contributed by atoms with Gasteiger partial charge in [0.15, 0.2) is 5.76 Å². The van der Waals surface area contributed by atoms with Crippen molar-refractivity contribution in [3.8, 4) is 11.5 Å². The number of hydrogen-bond donors (Lipinski definition) is 1. The Kier molecular flexibility index (Phi) is 4.38. The summed E-state index contributed by atoms with van der Waals surface area (Å²) in [7, 11) is 1.60. The van der Waals surface area contributed by atoms with Gasteiger partial charge in [0.1, 0.15) is 11.5 Å². The van der Waals surface area contributed by atoms with Gasteiger partial charge in [-0.05, 0) is 42.0 Å². The number of amides is 1. The van der Waals surface area contributed by atoms with Crippen molar-refractivity contribution in [3.63, 3.8) is 0 Å². The van der Waals surface area contributed by atoms with E-state index in [4.69, 9.17) is 9.15 Å². The van der Waals surface area contributed by atoms with E-state index in [9.17, 15) is 9.90 Å². The molecule has 1 aliphatic rings. The Labute approximate surface area is 156 Å². The third-order valence-corrected chi connectivity index (χ3v) is 4.54. The summed E-state index contributed by atoms with van der Waals surface area (Å²) in [4.78, 5) is 12.9. The highest BCUT2D eigenvalue weighted by molar-refractivity contribution is 6.06. The number of para-hydroxylation sites is 1. The van der Waals surface area contributed by atoms with Crippen LogP contribution in [0.2, 0.25) is 0 Å². The van der Waals surface area contributed by atoms with Gasteiger partial charge in [-0.25, -0.2) is 5.01 Å². The van der Waals surface area contributed by atoms with E-state index in [1.807, 2.05) is 30.3 Å². The Morgan fingerprint density at radius 3 is 2.78 bits per heavy atom. The quantitative estimate of drug-likeness (QED) is 0.762. The molecule has 136 valence electrons. The molecule has 1 N–H and O–H groups in total. The molecule has 4 rings (SSSR count). The average Bonchev–Trinajstić information content (AvgIpc) is 3.38. The summed E-state index contributed by atoms with van der Waals surface area (Å²) >= 11 is 0. The molecule has 1 atom stereocenters. The van der Waals surface area contributed by atoms with Gasteiger partial charge >= 0.3 is 5.91 Å². The smallest absolute Gasteiger partial charge is 0.310 e. The maximum Gasteiger partial charge on any atom is 0.310 e. The number of phenols is 1. The van der Waals surface area contributed by atoms with Crippen LogP contribution in [0.1, 0.15) is 34.1 Å². The second-order valence-corrected chi connectivity index (χ2v) is 6.19. The topological polar surface area (TPSA) is 75.3 Å². The standard InChI is InChI=1S/C21H18N2O4/c1-26-15-7-4-6-14(12-15)18-13-17(16-8-2-3-9-19(16)24)22-23(18)21(25)20-10-5-11-27-20/h2-12,18,24H,13H2,1H3/t18-/m1/s1. The summed E-state index contributed by atoms with van der Waals surface area (Å²) in [5, 5.41) is 16.1. The fourth-order valence-corrected chi connectivity index (χ4v) is 3.20. The van der Waals surface area contributed by atoms with E-state index in [-0.39, 0.29) is 23.5 Å². The molecule has 6 heteroatoms. The lowest BCUT2D eigenvalue weighted by molar-refractivity contribution is 0.0678. The Hall–Kier alpha value is -3.54. The summed E-state index contributed by atoms with van der Waals surface area (Å²) in [6, 6.07) is 17.5. The molecule has 27 heavy (non-hydrogen) atoms. The van der Waals surface area contributed by atoms with Gasteiger partial charge in [-0.2, -0.15) is 5.10 Å². The molecule has 0 radical (unpaired) electrons. The van der Waals surface area contributed by atoms with Crippen LogP contribution in [0.5, 0.6) is 11.5 Å². The van der Waals surface area contributed by atoms with Crippen molar-refractivity contribution in [2.75, 3.05) is 7.11 Å². The number of phenolic OH excluding ortho intramolecular Hbond substituents is 1. The van der Waals surface area contributed by atoms with E-state index >= 15 is 0 Å². The number of nitrogens with zero attached hydrogens (tertiary/aromatic N) is 2. The number of furan rings is 1. The zero-order chi connectivity index (χ0) is 18.8. The highest BCUT2D eigenvalue weighted by Gasteiger charge is 2.35. The van der Waals surface area contributed by atoms with Crippen LogP contribution in [-0.2, 0) is 0 Å². The monoisotopic (exact) mass is 362 g/mol. The SMILES string of the molecule is COc1cccc([C@H]2CC(c3ccccc3O)=NN2C(=O)c2ccco2)c1. The molecule has 0 fully saturated rings. The second-order valence-electron chi connectivity index (χ2n) is 6.19. The van der Waals surface area contributed by atoms with E-state index in [1.54, 1.807) is 37.4 Å². The summed E-state index contributed by atoms with van der Waals surface area (Å²) < 4.78 is 10.6. The number of hydrogen-bond acceptors (Lipinski definition) is 5. The maximum absolute atomic E-state index is 12.9. The zero-order valence-electron chi connectivity index (χ0n) is 14.7. The van der Waals surface area contributed by atoms with Crippen molar-refractivity contribution < 1.29 is 19.1 Å².